The molecular formula is C22H24N4O2S. The van der Waals surface area contributed by atoms with Crippen LogP contribution in [0.15, 0.2) is 36.5 Å². The monoisotopic (exact) mass is 408 g/mol. The Hall–Kier alpha value is -2.85. The summed E-state index contributed by atoms with van der Waals surface area (Å²) in [6.45, 7) is 5.26. The Morgan fingerprint density at radius 3 is 2.48 bits per heavy atom. The number of hydrogen-bond acceptors (Lipinski definition) is 4. The molecule has 1 N–H and O–H groups in total. The number of anilines is 1. The Morgan fingerprint density at radius 2 is 1.93 bits per heavy atom. The van der Waals surface area contributed by atoms with Crippen LogP contribution in [0.1, 0.15) is 50.3 Å². The highest BCUT2D eigenvalue weighted by molar-refractivity contribution is 7.93. The third-order valence-electron chi connectivity index (χ3n) is 5.57. The van der Waals surface area contributed by atoms with Crippen LogP contribution in [-0.2, 0) is 10.0 Å². The first-order valence-corrected chi connectivity index (χ1v) is 11.4. The summed E-state index contributed by atoms with van der Waals surface area (Å²) in [5.74, 6) is 0. The molecule has 1 aromatic carbocycles. The summed E-state index contributed by atoms with van der Waals surface area (Å²) < 4.78 is 29.1. The van der Waals surface area contributed by atoms with E-state index >= 15 is 0 Å². The molecule has 0 spiro atoms. The summed E-state index contributed by atoms with van der Waals surface area (Å²) in [6.07, 6.45) is 5.16. The Morgan fingerprint density at radius 1 is 1.24 bits per heavy atom. The van der Waals surface area contributed by atoms with Crippen molar-refractivity contribution >= 4 is 26.7 Å². The van der Waals surface area contributed by atoms with Gasteiger partial charge in [-0.3, -0.25) is 4.72 Å². The van der Waals surface area contributed by atoms with Gasteiger partial charge in [0.25, 0.3) is 0 Å². The summed E-state index contributed by atoms with van der Waals surface area (Å²) in [4.78, 5) is 4.64. The van der Waals surface area contributed by atoms with Gasteiger partial charge in [0.05, 0.1) is 16.5 Å². The number of nitrogens with one attached hydrogen (secondary N) is 1. The Kier molecular flexibility index (Phi) is 4.83. The van der Waals surface area contributed by atoms with Crippen LogP contribution >= 0.6 is 0 Å². The molecule has 0 saturated heterocycles. The van der Waals surface area contributed by atoms with Gasteiger partial charge in [0.1, 0.15) is 11.7 Å². The lowest BCUT2D eigenvalue weighted by Gasteiger charge is -2.29. The number of rotatable bonds is 5. The van der Waals surface area contributed by atoms with Crippen LogP contribution in [-0.4, -0.2) is 23.2 Å². The minimum Gasteiger partial charge on any atom is -0.321 e. The number of nitriles is 1. The molecule has 0 unspecified atom stereocenters. The predicted octanol–water partition coefficient (Wildman–Crippen LogP) is 4.76. The van der Waals surface area contributed by atoms with Crippen LogP contribution in [0.3, 0.4) is 0 Å². The minimum atomic E-state index is -3.40. The van der Waals surface area contributed by atoms with Gasteiger partial charge in [0.15, 0.2) is 0 Å². The number of benzene rings is 1. The lowest BCUT2D eigenvalue weighted by atomic mass is 9.92. The number of nitrogens with zero attached hydrogens (tertiary/aromatic N) is 3. The number of aryl methyl sites for hydroxylation is 1. The van der Waals surface area contributed by atoms with Crippen LogP contribution < -0.4 is 4.72 Å². The molecule has 0 aliphatic heterocycles. The highest BCUT2D eigenvalue weighted by atomic mass is 32.2. The van der Waals surface area contributed by atoms with Crippen molar-refractivity contribution < 1.29 is 8.42 Å². The van der Waals surface area contributed by atoms with Gasteiger partial charge in [0.2, 0.25) is 10.0 Å². The van der Waals surface area contributed by atoms with Crippen molar-refractivity contribution in [3.05, 3.63) is 47.7 Å². The first kappa shape index (κ1) is 19.5. The third kappa shape index (κ3) is 3.38. The highest BCUT2D eigenvalue weighted by Crippen LogP contribution is 2.42. The van der Waals surface area contributed by atoms with E-state index < -0.39 is 15.3 Å². The second-order valence-corrected chi connectivity index (χ2v) is 10.2. The van der Waals surface area contributed by atoms with Crippen molar-refractivity contribution in [1.82, 2.24) is 9.55 Å². The van der Waals surface area contributed by atoms with E-state index in [1.165, 1.54) is 6.42 Å². The predicted molar refractivity (Wildman–Crippen MR) is 115 cm³/mol. The van der Waals surface area contributed by atoms with E-state index in [0.29, 0.717) is 17.3 Å². The molecule has 1 aliphatic rings. The fourth-order valence-electron chi connectivity index (χ4n) is 3.67. The van der Waals surface area contributed by atoms with E-state index in [1.54, 1.807) is 26.0 Å². The molecular weight excluding hydrogens is 384 g/mol. The second-order valence-electron chi connectivity index (χ2n) is 7.95. The van der Waals surface area contributed by atoms with Crippen molar-refractivity contribution in [2.45, 2.75) is 51.3 Å². The lowest BCUT2D eigenvalue weighted by molar-refractivity contribution is 0.323. The fraction of sp³-hybridized carbons (Fsp3) is 0.364. The van der Waals surface area contributed by atoms with E-state index in [1.807, 2.05) is 31.3 Å². The average Bonchev–Trinajstić information content (AvgIpc) is 2.94. The summed E-state index contributed by atoms with van der Waals surface area (Å²) in [7, 11) is -3.40. The van der Waals surface area contributed by atoms with Gasteiger partial charge in [-0.2, -0.15) is 5.26 Å². The summed E-state index contributed by atoms with van der Waals surface area (Å²) in [5, 5.41) is 10.3. The van der Waals surface area contributed by atoms with Crippen molar-refractivity contribution in [3.8, 4) is 17.3 Å². The minimum absolute atomic E-state index is 0.337. The summed E-state index contributed by atoms with van der Waals surface area (Å²) in [5.41, 5.74) is 4.75. The quantitative estimate of drug-likeness (QED) is 0.659. The van der Waals surface area contributed by atoms with Gasteiger partial charge < -0.3 is 4.57 Å². The molecule has 0 radical (unpaired) electrons. The number of hydrogen-bond donors (Lipinski definition) is 1. The largest absolute Gasteiger partial charge is 0.321 e. The van der Waals surface area contributed by atoms with Crippen LogP contribution in [0, 0.1) is 18.3 Å². The molecule has 2 heterocycles. The molecule has 0 atom stereocenters. The maximum atomic E-state index is 12.1. The number of fused-ring (bicyclic) bond motifs is 1. The standard InChI is InChI=1S/C22H24N4O2S/c1-14(2)29(27,28)25-17-9-7-16(8-10-17)21-20(12-23)19-11-15(3)13-24-22(19)26(21)18-5-4-6-18/h7-11,13-14,18,25H,4-6H2,1-3H3. The number of aromatic nitrogens is 2. The average molecular weight is 409 g/mol. The molecule has 1 fully saturated rings. The second kappa shape index (κ2) is 7.20. The van der Waals surface area contributed by atoms with Gasteiger partial charge in [0, 0.05) is 23.3 Å². The summed E-state index contributed by atoms with van der Waals surface area (Å²) in [6, 6.07) is 12.0. The Bertz CT molecular complexity index is 1210. The van der Waals surface area contributed by atoms with Crippen molar-refractivity contribution in [2.75, 3.05) is 4.72 Å². The molecule has 2 aromatic heterocycles. The van der Waals surface area contributed by atoms with E-state index in [0.717, 1.165) is 40.7 Å². The molecule has 1 aliphatic carbocycles. The van der Waals surface area contributed by atoms with Crippen LogP contribution in [0.4, 0.5) is 5.69 Å². The molecule has 6 nitrogen and oxygen atoms in total. The van der Waals surface area contributed by atoms with Crippen LogP contribution in [0.25, 0.3) is 22.3 Å². The SMILES string of the molecule is Cc1cnc2c(c1)c(C#N)c(-c1ccc(NS(=O)(=O)C(C)C)cc1)n2C1CCC1. The maximum Gasteiger partial charge on any atom is 0.235 e. The number of sulfonamides is 1. The zero-order valence-corrected chi connectivity index (χ0v) is 17.6. The molecule has 7 heteroatoms. The molecule has 4 rings (SSSR count). The third-order valence-corrected chi connectivity index (χ3v) is 7.33. The summed E-state index contributed by atoms with van der Waals surface area (Å²) >= 11 is 0. The van der Waals surface area contributed by atoms with Gasteiger partial charge in [-0.05, 0) is 69.4 Å². The van der Waals surface area contributed by atoms with Crippen molar-refractivity contribution in [2.24, 2.45) is 0 Å². The van der Waals surface area contributed by atoms with Gasteiger partial charge >= 0.3 is 0 Å². The molecule has 0 amide bonds. The van der Waals surface area contributed by atoms with Gasteiger partial charge in [-0.25, -0.2) is 13.4 Å². The van der Waals surface area contributed by atoms with E-state index in [9.17, 15) is 13.7 Å². The first-order valence-electron chi connectivity index (χ1n) is 9.84. The van der Waals surface area contributed by atoms with Gasteiger partial charge in [-0.1, -0.05) is 12.1 Å². The van der Waals surface area contributed by atoms with Crippen molar-refractivity contribution in [3.63, 3.8) is 0 Å². The molecule has 1 saturated carbocycles. The maximum absolute atomic E-state index is 12.1. The van der Waals surface area contributed by atoms with E-state index in [2.05, 4.69) is 20.3 Å². The topological polar surface area (TPSA) is 87.8 Å². The van der Waals surface area contributed by atoms with E-state index in [4.69, 9.17) is 0 Å². The van der Waals surface area contributed by atoms with Crippen LogP contribution in [0.5, 0.6) is 0 Å². The van der Waals surface area contributed by atoms with Gasteiger partial charge in [-0.15, -0.1) is 0 Å². The molecule has 3 aromatic rings. The molecule has 0 bridgehead atoms. The highest BCUT2D eigenvalue weighted by Gasteiger charge is 2.28. The zero-order valence-electron chi connectivity index (χ0n) is 16.8. The Balaban J connectivity index is 1.84. The molecule has 29 heavy (non-hydrogen) atoms. The Labute approximate surface area is 171 Å². The lowest BCUT2D eigenvalue weighted by Crippen LogP contribution is -2.22. The van der Waals surface area contributed by atoms with Crippen molar-refractivity contribution in [1.29, 1.82) is 5.26 Å². The number of pyridine rings is 1. The zero-order chi connectivity index (χ0) is 20.8. The molecule has 150 valence electrons. The van der Waals surface area contributed by atoms with E-state index in [-0.39, 0.29) is 0 Å². The fourth-order valence-corrected chi connectivity index (χ4v) is 4.37. The normalized spacial score (nSPS) is 14.7. The first-order chi connectivity index (χ1) is 13.8. The van der Waals surface area contributed by atoms with Crippen LogP contribution in [0.2, 0.25) is 0 Å². The smallest absolute Gasteiger partial charge is 0.235 e.